The number of aryl methyl sites for hydroxylation is 2. The van der Waals surface area contributed by atoms with Crippen LogP contribution in [-0.4, -0.2) is 33.0 Å². The smallest absolute Gasteiger partial charge is 0.326 e. The molecular weight excluding hydrogens is 282 g/mol. The van der Waals surface area contributed by atoms with Gasteiger partial charge in [-0.3, -0.25) is 4.79 Å². The van der Waals surface area contributed by atoms with E-state index < -0.39 is 17.9 Å². The summed E-state index contributed by atoms with van der Waals surface area (Å²) in [6, 6.07) is 8.15. The molecule has 0 saturated heterocycles. The molecule has 1 unspecified atom stereocenters. The summed E-state index contributed by atoms with van der Waals surface area (Å²) in [4.78, 5) is 31.7. The first-order valence-electron chi connectivity index (χ1n) is 6.85. The number of hydrogen-bond donors (Lipinski definition) is 2. The Hall–Kier alpha value is -2.76. The molecule has 0 spiro atoms. The SMILES string of the molecule is Cc1ncc(C(=O)NC(Cc2ccccc2)C(=O)O)c(C)n1. The van der Waals surface area contributed by atoms with Gasteiger partial charge in [0.25, 0.3) is 5.91 Å². The monoisotopic (exact) mass is 299 g/mol. The van der Waals surface area contributed by atoms with E-state index in [1.54, 1.807) is 13.8 Å². The molecule has 0 radical (unpaired) electrons. The molecule has 1 aromatic carbocycles. The summed E-state index contributed by atoms with van der Waals surface area (Å²) in [6.07, 6.45) is 1.63. The molecule has 1 amide bonds. The molecule has 0 aliphatic heterocycles. The first kappa shape index (κ1) is 15.6. The predicted molar refractivity (Wildman–Crippen MR) is 80.5 cm³/mol. The number of carboxylic acid groups (broad SMARTS) is 1. The minimum Gasteiger partial charge on any atom is -0.480 e. The number of amides is 1. The molecule has 0 saturated carbocycles. The van der Waals surface area contributed by atoms with Gasteiger partial charge in [-0.2, -0.15) is 0 Å². The quantitative estimate of drug-likeness (QED) is 0.873. The number of hydrogen-bond acceptors (Lipinski definition) is 4. The minimum absolute atomic E-state index is 0.216. The van der Waals surface area contributed by atoms with E-state index in [9.17, 15) is 14.7 Å². The lowest BCUT2D eigenvalue weighted by molar-refractivity contribution is -0.139. The Morgan fingerprint density at radius 1 is 1.23 bits per heavy atom. The standard InChI is InChI=1S/C16H17N3O3/c1-10-13(9-17-11(2)18-10)15(20)19-14(16(21)22)8-12-6-4-3-5-7-12/h3-7,9,14H,8H2,1-2H3,(H,19,20)(H,21,22). The lowest BCUT2D eigenvalue weighted by Gasteiger charge is -2.15. The molecule has 6 nitrogen and oxygen atoms in total. The van der Waals surface area contributed by atoms with Gasteiger partial charge in [0.05, 0.1) is 11.3 Å². The van der Waals surface area contributed by atoms with E-state index in [2.05, 4.69) is 15.3 Å². The van der Waals surface area contributed by atoms with Crippen LogP contribution in [0.1, 0.15) is 27.4 Å². The number of aliphatic carboxylic acids is 1. The largest absolute Gasteiger partial charge is 0.480 e. The number of nitrogens with one attached hydrogen (secondary N) is 1. The molecule has 6 heteroatoms. The fourth-order valence-corrected chi connectivity index (χ4v) is 2.09. The second-order valence-corrected chi connectivity index (χ2v) is 4.97. The Bertz CT molecular complexity index is 686. The highest BCUT2D eigenvalue weighted by atomic mass is 16.4. The normalized spacial score (nSPS) is 11.7. The summed E-state index contributed by atoms with van der Waals surface area (Å²) < 4.78 is 0. The molecule has 0 bridgehead atoms. The number of carbonyl (C=O) groups is 2. The average Bonchev–Trinajstić information content (AvgIpc) is 2.47. The van der Waals surface area contributed by atoms with Gasteiger partial charge in [-0.1, -0.05) is 30.3 Å². The summed E-state index contributed by atoms with van der Waals surface area (Å²) in [6.45, 7) is 3.42. The van der Waals surface area contributed by atoms with Crippen LogP contribution in [-0.2, 0) is 11.2 Å². The Morgan fingerprint density at radius 3 is 2.50 bits per heavy atom. The van der Waals surface area contributed by atoms with E-state index in [1.807, 2.05) is 30.3 Å². The summed E-state index contributed by atoms with van der Waals surface area (Å²) in [7, 11) is 0. The molecule has 2 N–H and O–H groups in total. The van der Waals surface area contributed by atoms with Crippen molar-refractivity contribution in [3.63, 3.8) is 0 Å². The van der Waals surface area contributed by atoms with Gasteiger partial charge in [0.15, 0.2) is 0 Å². The van der Waals surface area contributed by atoms with Crippen LogP contribution in [0.3, 0.4) is 0 Å². The van der Waals surface area contributed by atoms with Gasteiger partial charge in [-0.25, -0.2) is 14.8 Å². The van der Waals surface area contributed by atoms with Gasteiger partial charge in [-0.15, -0.1) is 0 Å². The molecule has 2 rings (SSSR count). The Kier molecular flexibility index (Phi) is 4.83. The number of carbonyl (C=O) groups excluding carboxylic acids is 1. The van der Waals surface area contributed by atoms with Gasteiger partial charge in [-0.05, 0) is 19.4 Å². The van der Waals surface area contributed by atoms with Crippen LogP contribution in [0.5, 0.6) is 0 Å². The Balaban J connectivity index is 2.14. The maximum absolute atomic E-state index is 12.2. The molecule has 0 aliphatic carbocycles. The van der Waals surface area contributed by atoms with Crippen molar-refractivity contribution >= 4 is 11.9 Å². The number of rotatable bonds is 5. The maximum Gasteiger partial charge on any atom is 0.326 e. The van der Waals surface area contributed by atoms with E-state index in [1.165, 1.54) is 6.20 Å². The van der Waals surface area contributed by atoms with Crippen molar-refractivity contribution in [3.05, 3.63) is 59.2 Å². The molecule has 0 aliphatic rings. The van der Waals surface area contributed by atoms with Crippen molar-refractivity contribution < 1.29 is 14.7 Å². The first-order chi connectivity index (χ1) is 10.5. The second-order valence-electron chi connectivity index (χ2n) is 4.97. The third-order valence-electron chi connectivity index (χ3n) is 3.23. The van der Waals surface area contributed by atoms with Gasteiger partial charge in [0, 0.05) is 12.6 Å². The average molecular weight is 299 g/mol. The van der Waals surface area contributed by atoms with E-state index in [0.29, 0.717) is 11.5 Å². The van der Waals surface area contributed by atoms with Crippen molar-refractivity contribution in [1.29, 1.82) is 0 Å². The molecule has 22 heavy (non-hydrogen) atoms. The Labute approximate surface area is 128 Å². The lowest BCUT2D eigenvalue weighted by atomic mass is 10.1. The van der Waals surface area contributed by atoms with Gasteiger partial charge in [0.1, 0.15) is 11.9 Å². The van der Waals surface area contributed by atoms with E-state index >= 15 is 0 Å². The fraction of sp³-hybridized carbons (Fsp3) is 0.250. The third-order valence-corrected chi connectivity index (χ3v) is 3.23. The molecule has 2 aromatic rings. The summed E-state index contributed by atoms with van der Waals surface area (Å²) in [5.74, 6) is -1.00. The molecule has 1 heterocycles. The summed E-state index contributed by atoms with van der Waals surface area (Å²) >= 11 is 0. The molecule has 114 valence electrons. The van der Waals surface area contributed by atoms with E-state index in [-0.39, 0.29) is 12.0 Å². The summed E-state index contributed by atoms with van der Waals surface area (Å²) in [5.41, 5.74) is 1.64. The minimum atomic E-state index is -1.08. The first-order valence-corrected chi connectivity index (χ1v) is 6.85. The highest BCUT2D eigenvalue weighted by Gasteiger charge is 2.22. The fourth-order valence-electron chi connectivity index (χ4n) is 2.09. The highest BCUT2D eigenvalue weighted by Crippen LogP contribution is 2.07. The Morgan fingerprint density at radius 2 is 1.91 bits per heavy atom. The molecule has 1 atom stereocenters. The van der Waals surface area contributed by atoms with Crippen LogP contribution >= 0.6 is 0 Å². The van der Waals surface area contributed by atoms with E-state index in [4.69, 9.17) is 0 Å². The van der Waals surface area contributed by atoms with Gasteiger partial charge < -0.3 is 10.4 Å². The topological polar surface area (TPSA) is 92.2 Å². The van der Waals surface area contributed by atoms with Crippen molar-refractivity contribution in [1.82, 2.24) is 15.3 Å². The predicted octanol–water partition coefficient (Wildman–Crippen LogP) is 1.52. The van der Waals surface area contributed by atoms with Crippen LogP contribution in [0.4, 0.5) is 0 Å². The zero-order valence-electron chi connectivity index (χ0n) is 12.4. The summed E-state index contributed by atoms with van der Waals surface area (Å²) in [5, 5.41) is 11.8. The highest BCUT2D eigenvalue weighted by molar-refractivity contribution is 5.97. The van der Waals surface area contributed by atoms with E-state index in [0.717, 1.165) is 5.56 Å². The van der Waals surface area contributed by atoms with Gasteiger partial charge >= 0.3 is 5.97 Å². The van der Waals surface area contributed by atoms with Crippen LogP contribution in [0.15, 0.2) is 36.5 Å². The van der Waals surface area contributed by atoms with Crippen molar-refractivity contribution in [2.45, 2.75) is 26.3 Å². The van der Waals surface area contributed by atoms with Crippen LogP contribution in [0.2, 0.25) is 0 Å². The van der Waals surface area contributed by atoms with Crippen molar-refractivity contribution in [2.24, 2.45) is 0 Å². The van der Waals surface area contributed by atoms with Crippen molar-refractivity contribution in [3.8, 4) is 0 Å². The van der Waals surface area contributed by atoms with Crippen LogP contribution < -0.4 is 5.32 Å². The third kappa shape index (κ3) is 3.88. The molecule has 0 fully saturated rings. The number of aromatic nitrogens is 2. The lowest BCUT2D eigenvalue weighted by Crippen LogP contribution is -2.42. The van der Waals surface area contributed by atoms with Gasteiger partial charge in [0.2, 0.25) is 0 Å². The number of nitrogens with zero attached hydrogens (tertiary/aromatic N) is 2. The van der Waals surface area contributed by atoms with Crippen molar-refractivity contribution in [2.75, 3.05) is 0 Å². The molecule has 1 aromatic heterocycles. The molecular formula is C16H17N3O3. The number of carboxylic acids is 1. The maximum atomic E-state index is 12.2. The number of benzene rings is 1. The zero-order valence-corrected chi connectivity index (χ0v) is 12.4. The van der Waals surface area contributed by atoms with Crippen LogP contribution in [0, 0.1) is 13.8 Å². The zero-order chi connectivity index (χ0) is 16.1. The second kappa shape index (κ2) is 6.80. The van der Waals surface area contributed by atoms with Crippen LogP contribution in [0.25, 0.3) is 0 Å².